The Morgan fingerprint density at radius 1 is 1.35 bits per heavy atom. The third-order valence-electron chi connectivity index (χ3n) is 3.39. The second kappa shape index (κ2) is 5.17. The van der Waals surface area contributed by atoms with E-state index >= 15 is 0 Å². The molecule has 1 saturated heterocycles. The van der Waals surface area contributed by atoms with Crippen molar-refractivity contribution in [3.63, 3.8) is 0 Å². The largest absolute Gasteiger partial charge is 0.395 e. The first-order chi connectivity index (χ1) is 8.13. The molecule has 0 amide bonds. The molecule has 1 atom stereocenters. The van der Waals surface area contributed by atoms with Crippen LogP contribution in [-0.4, -0.2) is 41.4 Å². The zero-order chi connectivity index (χ0) is 12.3. The Hall–Kier alpha value is -0.900. The van der Waals surface area contributed by atoms with Gasteiger partial charge in [0, 0.05) is 12.1 Å². The second-order valence-electron chi connectivity index (χ2n) is 5.28. The molecule has 2 rings (SSSR count). The van der Waals surface area contributed by atoms with Crippen molar-refractivity contribution in [2.24, 2.45) is 0 Å². The van der Waals surface area contributed by atoms with Gasteiger partial charge in [0.25, 0.3) is 0 Å². The van der Waals surface area contributed by atoms with Crippen LogP contribution in [0, 0.1) is 0 Å². The number of benzene rings is 1. The van der Waals surface area contributed by atoms with E-state index in [0.717, 1.165) is 13.2 Å². The molecule has 1 fully saturated rings. The van der Waals surface area contributed by atoms with Gasteiger partial charge in [0.2, 0.25) is 0 Å². The lowest BCUT2D eigenvalue weighted by molar-refractivity contribution is -0.107. The summed E-state index contributed by atoms with van der Waals surface area (Å²) in [6.07, 6.45) is 0. The van der Waals surface area contributed by atoms with Crippen LogP contribution in [0.15, 0.2) is 30.3 Å². The highest BCUT2D eigenvalue weighted by molar-refractivity contribution is 5.15. The van der Waals surface area contributed by atoms with Crippen LogP contribution in [0.2, 0.25) is 0 Å². The third kappa shape index (κ3) is 2.86. The van der Waals surface area contributed by atoms with Gasteiger partial charge in [0.15, 0.2) is 0 Å². The van der Waals surface area contributed by atoms with Gasteiger partial charge < -0.3 is 9.84 Å². The minimum atomic E-state index is -0.0263. The van der Waals surface area contributed by atoms with Gasteiger partial charge in [-0.25, -0.2) is 0 Å². The van der Waals surface area contributed by atoms with Gasteiger partial charge in [-0.2, -0.15) is 0 Å². The molecule has 1 aromatic rings. The fraction of sp³-hybridized carbons (Fsp3) is 0.571. The Morgan fingerprint density at radius 3 is 2.71 bits per heavy atom. The standard InChI is InChI=1S/C14H21NO2/c1-14(2)11-17-10-13(9-16)15(14)8-12-6-4-3-5-7-12/h3-7,13,16H,8-11H2,1-2H3/t13-/m1/s1. The van der Waals surface area contributed by atoms with Crippen molar-refractivity contribution in [2.75, 3.05) is 19.8 Å². The Balaban J connectivity index is 2.15. The molecular formula is C14H21NO2. The van der Waals surface area contributed by atoms with E-state index in [-0.39, 0.29) is 18.2 Å². The molecule has 17 heavy (non-hydrogen) atoms. The molecule has 0 bridgehead atoms. The lowest BCUT2D eigenvalue weighted by Gasteiger charge is -2.47. The SMILES string of the molecule is CC1(C)COC[C@@H](CO)N1Cc1ccccc1. The average molecular weight is 235 g/mol. The van der Waals surface area contributed by atoms with Gasteiger partial charge in [-0.1, -0.05) is 30.3 Å². The normalized spacial score (nSPS) is 24.8. The fourth-order valence-corrected chi connectivity index (χ4v) is 2.39. The van der Waals surface area contributed by atoms with Crippen LogP contribution >= 0.6 is 0 Å². The monoisotopic (exact) mass is 235 g/mol. The first-order valence-corrected chi connectivity index (χ1v) is 6.13. The summed E-state index contributed by atoms with van der Waals surface area (Å²) in [5.74, 6) is 0. The van der Waals surface area contributed by atoms with Crippen molar-refractivity contribution < 1.29 is 9.84 Å². The highest BCUT2D eigenvalue weighted by Gasteiger charge is 2.36. The minimum absolute atomic E-state index is 0.0263. The molecule has 1 aliphatic rings. The minimum Gasteiger partial charge on any atom is -0.395 e. The van der Waals surface area contributed by atoms with Crippen molar-refractivity contribution in [3.8, 4) is 0 Å². The highest BCUT2D eigenvalue weighted by atomic mass is 16.5. The van der Waals surface area contributed by atoms with Crippen LogP contribution in [0.5, 0.6) is 0 Å². The predicted molar refractivity (Wildman–Crippen MR) is 67.8 cm³/mol. The maximum absolute atomic E-state index is 9.45. The van der Waals surface area contributed by atoms with E-state index in [2.05, 4.69) is 43.0 Å². The molecule has 0 aliphatic carbocycles. The summed E-state index contributed by atoms with van der Waals surface area (Å²) in [6.45, 7) is 6.68. The Bertz CT molecular complexity index is 350. The maximum atomic E-state index is 9.45. The maximum Gasteiger partial charge on any atom is 0.0646 e. The predicted octanol–water partition coefficient (Wildman–Crippen LogP) is 1.66. The lowest BCUT2D eigenvalue weighted by Crippen LogP contribution is -2.58. The van der Waals surface area contributed by atoms with Crippen LogP contribution < -0.4 is 0 Å². The van der Waals surface area contributed by atoms with Crippen LogP contribution in [0.25, 0.3) is 0 Å². The van der Waals surface area contributed by atoms with E-state index in [1.807, 2.05) is 6.07 Å². The number of nitrogens with zero attached hydrogens (tertiary/aromatic N) is 1. The molecule has 3 nitrogen and oxygen atoms in total. The molecule has 1 N–H and O–H groups in total. The number of hydrogen-bond acceptors (Lipinski definition) is 3. The Morgan fingerprint density at radius 2 is 2.06 bits per heavy atom. The number of hydrogen-bond donors (Lipinski definition) is 1. The molecule has 1 aliphatic heterocycles. The number of aliphatic hydroxyl groups is 1. The average Bonchev–Trinajstić information content (AvgIpc) is 2.33. The van der Waals surface area contributed by atoms with Gasteiger partial charge >= 0.3 is 0 Å². The molecule has 0 unspecified atom stereocenters. The molecule has 94 valence electrons. The summed E-state index contributed by atoms with van der Waals surface area (Å²) < 4.78 is 5.55. The summed E-state index contributed by atoms with van der Waals surface area (Å²) >= 11 is 0. The van der Waals surface area contributed by atoms with Crippen molar-refractivity contribution in [1.82, 2.24) is 4.90 Å². The smallest absolute Gasteiger partial charge is 0.0646 e. The number of morpholine rings is 1. The molecule has 1 aromatic carbocycles. The summed E-state index contributed by atoms with van der Waals surface area (Å²) in [6, 6.07) is 10.5. The van der Waals surface area contributed by atoms with E-state index in [4.69, 9.17) is 4.74 Å². The molecule has 0 spiro atoms. The van der Waals surface area contributed by atoms with Gasteiger partial charge in [0.05, 0.1) is 25.9 Å². The number of ether oxygens (including phenoxy) is 1. The van der Waals surface area contributed by atoms with Gasteiger partial charge in [-0.15, -0.1) is 0 Å². The third-order valence-corrected chi connectivity index (χ3v) is 3.39. The molecular weight excluding hydrogens is 214 g/mol. The quantitative estimate of drug-likeness (QED) is 0.865. The zero-order valence-electron chi connectivity index (χ0n) is 10.6. The van der Waals surface area contributed by atoms with Crippen LogP contribution in [-0.2, 0) is 11.3 Å². The van der Waals surface area contributed by atoms with Gasteiger partial charge in [0.1, 0.15) is 0 Å². The Kier molecular flexibility index (Phi) is 3.82. The van der Waals surface area contributed by atoms with E-state index < -0.39 is 0 Å². The lowest BCUT2D eigenvalue weighted by atomic mass is 9.98. The van der Waals surface area contributed by atoms with Crippen molar-refractivity contribution in [3.05, 3.63) is 35.9 Å². The highest BCUT2D eigenvalue weighted by Crippen LogP contribution is 2.25. The number of aliphatic hydroxyl groups excluding tert-OH is 1. The fourth-order valence-electron chi connectivity index (χ4n) is 2.39. The van der Waals surface area contributed by atoms with Crippen molar-refractivity contribution in [2.45, 2.75) is 32.0 Å². The molecule has 0 radical (unpaired) electrons. The molecule has 0 saturated carbocycles. The topological polar surface area (TPSA) is 32.7 Å². The van der Waals surface area contributed by atoms with Crippen LogP contribution in [0.1, 0.15) is 19.4 Å². The van der Waals surface area contributed by atoms with Crippen molar-refractivity contribution in [1.29, 1.82) is 0 Å². The summed E-state index contributed by atoms with van der Waals surface area (Å²) in [4.78, 5) is 2.34. The van der Waals surface area contributed by atoms with E-state index in [0.29, 0.717) is 6.61 Å². The van der Waals surface area contributed by atoms with E-state index in [1.165, 1.54) is 5.56 Å². The summed E-state index contributed by atoms with van der Waals surface area (Å²) in [5, 5.41) is 9.45. The van der Waals surface area contributed by atoms with Crippen LogP contribution in [0.4, 0.5) is 0 Å². The van der Waals surface area contributed by atoms with E-state index in [1.54, 1.807) is 0 Å². The Labute approximate surface area is 103 Å². The van der Waals surface area contributed by atoms with Crippen LogP contribution in [0.3, 0.4) is 0 Å². The van der Waals surface area contributed by atoms with E-state index in [9.17, 15) is 5.11 Å². The molecule has 0 aromatic heterocycles. The zero-order valence-corrected chi connectivity index (χ0v) is 10.6. The summed E-state index contributed by atoms with van der Waals surface area (Å²) in [5.41, 5.74) is 1.25. The molecule has 3 heteroatoms. The number of rotatable bonds is 3. The second-order valence-corrected chi connectivity index (χ2v) is 5.28. The van der Waals surface area contributed by atoms with Gasteiger partial charge in [-0.05, 0) is 19.4 Å². The molecule has 1 heterocycles. The van der Waals surface area contributed by atoms with Crippen molar-refractivity contribution >= 4 is 0 Å². The van der Waals surface area contributed by atoms with Gasteiger partial charge in [-0.3, -0.25) is 4.90 Å². The first kappa shape index (κ1) is 12.6. The summed E-state index contributed by atoms with van der Waals surface area (Å²) in [7, 11) is 0. The first-order valence-electron chi connectivity index (χ1n) is 6.13.